The van der Waals surface area contributed by atoms with Gasteiger partial charge in [0.15, 0.2) is 0 Å². The maximum Gasteiger partial charge on any atom is 0.0542 e. The van der Waals surface area contributed by atoms with Crippen LogP contribution in [0.15, 0.2) is 23.1 Å². The Labute approximate surface area is 71.6 Å². The molecule has 0 spiro atoms. The highest BCUT2D eigenvalue weighted by atomic mass is 35.5. The third-order valence-corrected chi connectivity index (χ3v) is 2.43. The second-order valence-corrected chi connectivity index (χ2v) is 2.96. The minimum absolute atomic E-state index is 0.739. The van der Waals surface area contributed by atoms with E-state index >= 15 is 0 Å². The third kappa shape index (κ3) is 1.47. The molecule has 0 nitrogen and oxygen atoms in total. The van der Waals surface area contributed by atoms with Gasteiger partial charge in [-0.3, -0.25) is 0 Å². The Morgan fingerprint density at radius 2 is 2.20 bits per heavy atom. The molecule has 0 saturated carbocycles. The van der Waals surface area contributed by atoms with Gasteiger partial charge in [-0.1, -0.05) is 30.7 Å². The van der Waals surface area contributed by atoms with Crippen molar-refractivity contribution in [2.45, 2.75) is 18.2 Å². The van der Waals surface area contributed by atoms with Crippen LogP contribution in [0, 0.1) is 0 Å². The number of aryl methyl sites for hydroxylation is 1. The number of hydrogen-bond acceptors (Lipinski definition) is 1. The summed E-state index contributed by atoms with van der Waals surface area (Å²) in [6.07, 6.45) is 0.986. The summed E-state index contributed by atoms with van der Waals surface area (Å²) in [5.74, 6) is 0. The van der Waals surface area contributed by atoms with E-state index in [-0.39, 0.29) is 0 Å². The first-order chi connectivity index (χ1) is 4.75. The predicted octanol–water partition coefficient (Wildman–Crippen LogP) is 3.19. The van der Waals surface area contributed by atoms with Crippen molar-refractivity contribution in [3.8, 4) is 0 Å². The number of thiol groups is 1. The van der Waals surface area contributed by atoms with Crippen LogP contribution in [0.5, 0.6) is 0 Å². The highest BCUT2D eigenvalue weighted by molar-refractivity contribution is 7.80. The van der Waals surface area contributed by atoms with E-state index in [0.717, 1.165) is 16.3 Å². The van der Waals surface area contributed by atoms with Gasteiger partial charge >= 0.3 is 0 Å². The fourth-order valence-electron chi connectivity index (χ4n) is 0.845. The molecule has 0 aliphatic heterocycles. The molecule has 0 atom stereocenters. The number of benzene rings is 1. The number of halogens is 1. The molecule has 2 heteroatoms. The molecule has 0 N–H and O–H groups in total. The highest BCUT2D eigenvalue weighted by Crippen LogP contribution is 2.23. The number of hydrogen-bond donors (Lipinski definition) is 1. The SMILES string of the molecule is CCc1cccc(Cl)c1S. The maximum absolute atomic E-state index is 5.82. The van der Waals surface area contributed by atoms with E-state index in [4.69, 9.17) is 11.6 Å². The summed E-state index contributed by atoms with van der Waals surface area (Å²) in [6, 6.07) is 5.83. The molecule has 0 aliphatic carbocycles. The van der Waals surface area contributed by atoms with Crippen molar-refractivity contribution < 1.29 is 0 Å². The van der Waals surface area contributed by atoms with Crippen LogP contribution in [0.25, 0.3) is 0 Å². The van der Waals surface area contributed by atoms with E-state index in [1.54, 1.807) is 0 Å². The van der Waals surface area contributed by atoms with Crippen molar-refractivity contribution in [3.05, 3.63) is 28.8 Å². The van der Waals surface area contributed by atoms with Crippen molar-refractivity contribution in [2.24, 2.45) is 0 Å². The normalized spacial score (nSPS) is 9.90. The first-order valence-electron chi connectivity index (χ1n) is 3.22. The van der Waals surface area contributed by atoms with E-state index in [2.05, 4.69) is 19.6 Å². The molecule has 54 valence electrons. The first kappa shape index (κ1) is 7.96. The van der Waals surface area contributed by atoms with E-state index < -0.39 is 0 Å². The predicted molar refractivity (Wildman–Crippen MR) is 48.1 cm³/mol. The van der Waals surface area contributed by atoms with Gasteiger partial charge in [0.05, 0.1) is 5.02 Å². The molecule has 0 bridgehead atoms. The second-order valence-electron chi connectivity index (χ2n) is 2.10. The second kappa shape index (κ2) is 3.31. The molecule has 0 heterocycles. The monoisotopic (exact) mass is 172 g/mol. The molecule has 1 rings (SSSR count). The Bertz CT molecular complexity index is 233. The first-order valence-corrected chi connectivity index (χ1v) is 4.04. The lowest BCUT2D eigenvalue weighted by atomic mass is 10.2. The van der Waals surface area contributed by atoms with Crippen molar-refractivity contribution in [1.82, 2.24) is 0 Å². The smallest absolute Gasteiger partial charge is 0.0542 e. The zero-order valence-electron chi connectivity index (χ0n) is 5.76. The summed E-state index contributed by atoms with van der Waals surface area (Å²) >= 11 is 10.1. The van der Waals surface area contributed by atoms with Crippen LogP contribution in [0.4, 0.5) is 0 Å². The molecule has 0 fully saturated rings. The minimum Gasteiger partial charge on any atom is -0.142 e. The fourth-order valence-corrected chi connectivity index (χ4v) is 1.35. The number of rotatable bonds is 1. The Kier molecular flexibility index (Phi) is 2.64. The van der Waals surface area contributed by atoms with Crippen molar-refractivity contribution >= 4 is 24.2 Å². The van der Waals surface area contributed by atoms with Crippen LogP contribution >= 0.6 is 24.2 Å². The lowest BCUT2D eigenvalue weighted by Crippen LogP contribution is -1.81. The van der Waals surface area contributed by atoms with Gasteiger partial charge in [-0.2, -0.15) is 0 Å². The maximum atomic E-state index is 5.82. The average molecular weight is 173 g/mol. The van der Waals surface area contributed by atoms with Crippen LogP contribution in [-0.2, 0) is 6.42 Å². The van der Waals surface area contributed by atoms with Gasteiger partial charge < -0.3 is 0 Å². The van der Waals surface area contributed by atoms with E-state index in [9.17, 15) is 0 Å². The summed E-state index contributed by atoms with van der Waals surface area (Å²) < 4.78 is 0. The Morgan fingerprint density at radius 3 is 2.70 bits per heavy atom. The third-order valence-electron chi connectivity index (χ3n) is 1.45. The van der Waals surface area contributed by atoms with Crippen LogP contribution in [0.2, 0.25) is 5.02 Å². The topological polar surface area (TPSA) is 0 Å². The quantitative estimate of drug-likeness (QED) is 0.618. The Morgan fingerprint density at radius 1 is 1.50 bits per heavy atom. The molecule has 0 saturated heterocycles. The van der Waals surface area contributed by atoms with Gasteiger partial charge in [-0.05, 0) is 18.1 Å². The summed E-state index contributed by atoms with van der Waals surface area (Å²) in [5.41, 5.74) is 1.20. The van der Waals surface area contributed by atoms with Crippen LogP contribution in [-0.4, -0.2) is 0 Å². The molecular formula is C8H9ClS. The summed E-state index contributed by atoms with van der Waals surface area (Å²) in [7, 11) is 0. The van der Waals surface area contributed by atoms with Crippen LogP contribution < -0.4 is 0 Å². The molecule has 0 radical (unpaired) electrons. The molecule has 1 aromatic carbocycles. The summed E-state index contributed by atoms with van der Waals surface area (Å²) in [4.78, 5) is 0.909. The van der Waals surface area contributed by atoms with E-state index in [0.29, 0.717) is 0 Å². The van der Waals surface area contributed by atoms with E-state index in [1.807, 2.05) is 18.2 Å². The highest BCUT2D eigenvalue weighted by Gasteiger charge is 1.98. The van der Waals surface area contributed by atoms with Gasteiger partial charge in [0.25, 0.3) is 0 Å². The lowest BCUT2D eigenvalue weighted by Gasteiger charge is -2.01. The van der Waals surface area contributed by atoms with Gasteiger partial charge in [0.2, 0.25) is 0 Å². The van der Waals surface area contributed by atoms with Crippen LogP contribution in [0.1, 0.15) is 12.5 Å². The lowest BCUT2D eigenvalue weighted by molar-refractivity contribution is 1.09. The Balaban J connectivity index is 3.14. The largest absolute Gasteiger partial charge is 0.142 e. The van der Waals surface area contributed by atoms with Crippen molar-refractivity contribution in [2.75, 3.05) is 0 Å². The molecule has 1 aromatic rings. The molecule has 0 aliphatic rings. The summed E-state index contributed by atoms with van der Waals surface area (Å²) in [5, 5.41) is 0.739. The van der Waals surface area contributed by atoms with Gasteiger partial charge in [-0.25, -0.2) is 0 Å². The zero-order chi connectivity index (χ0) is 7.56. The molecule has 0 amide bonds. The molecule has 10 heavy (non-hydrogen) atoms. The Hall–Kier alpha value is -0.140. The average Bonchev–Trinajstić information content (AvgIpc) is 1.95. The zero-order valence-corrected chi connectivity index (χ0v) is 7.41. The molecule has 0 unspecified atom stereocenters. The van der Waals surface area contributed by atoms with Crippen LogP contribution in [0.3, 0.4) is 0 Å². The minimum atomic E-state index is 0.739. The van der Waals surface area contributed by atoms with E-state index in [1.165, 1.54) is 5.56 Å². The van der Waals surface area contributed by atoms with Gasteiger partial charge in [0.1, 0.15) is 0 Å². The standard InChI is InChI=1S/C8H9ClS/c1-2-6-4-3-5-7(9)8(6)10/h3-5,10H,2H2,1H3. The van der Waals surface area contributed by atoms with Gasteiger partial charge in [0, 0.05) is 4.90 Å². The summed E-state index contributed by atoms with van der Waals surface area (Å²) in [6.45, 7) is 2.09. The van der Waals surface area contributed by atoms with Crippen molar-refractivity contribution in [3.63, 3.8) is 0 Å². The fraction of sp³-hybridized carbons (Fsp3) is 0.250. The molecular weight excluding hydrogens is 164 g/mol. The van der Waals surface area contributed by atoms with Gasteiger partial charge in [-0.15, -0.1) is 12.6 Å². The molecule has 0 aromatic heterocycles. The van der Waals surface area contributed by atoms with Crippen molar-refractivity contribution in [1.29, 1.82) is 0 Å².